The summed E-state index contributed by atoms with van der Waals surface area (Å²) in [6, 6.07) is 10.5. The van der Waals surface area contributed by atoms with E-state index in [1.807, 2.05) is 13.0 Å². The van der Waals surface area contributed by atoms with E-state index >= 15 is 0 Å². The van der Waals surface area contributed by atoms with Crippen molar-refractivity contribution in [3.8, 4) is 0 Å². The summed E-state index contributed by atoms with van der Waals surface area (Å²) < 4.78 is 0. The fraction of sp³-hybridized carbons (Fsp3) is 0.600. The second-order valence-electron chi connectivity index (χ2n) is 6.26. The summed E-state index contributed by atoms with van der Waals surface area (Å²) in [7, 11) is 0. The van der Waals surface area contributed by atoms with E-state index in [1.165, 1.54) is 5.56 Å². The highest BCUT2D eigenvalue weighted by molar-refractivity contribution is 5.28. The largest absolute Gasteiger partial charge is 0.389 e. The molecule has 2 rings (SSSR count). The van der Waals surface area contributed by atoms with Gasteiger partial charge in [0.25, 0.3) is 0 Å². The second-order valence-corrected chi connectivity index (χ2v) is 6.26. The number of rotatable bonds is 2. The Bertz CT molecular complexity index is 359. The van der Waals surface area contributed by atoms with Gasteiger partial charge in [0.15, 0.2) is 0 Å². The SMILES string of the molecule is CC(C)(C)C(C)(O)C1CC1c1ccccc1. The zero-order valence-electron chi connectivity index (χ0n) is 10.7. The molecular weight excluding hydrogens is 196 g/mol. The topological polar surface area (TPSA) is 20.2 Å². The van der Waals surface area contributed by atoms with E-state index in [4.69, 9.17) is 0 Å². The molecule has 0 bridgehead atoms. The van der Waals surface area contributed by atoms with Crippen LogP contribution in [0, 0.1) is 11.3 Å². The van der Waals surface area contributed by atoms with Gasteiger partial charge in [0.2, 0.25) is 0 Å². The molecule has 1 N–H and O–H groups in total. The van der Waals surface area contributed by atoms with Gasteiger partial charge in [0.1, 0.15) is 0 Å². The average molecular weight is 218 g/mol. The molecule has 0 radical (unpaired) electrons. The van der Waals surface area contributed by atoms with Crippen molar-refractivity contribution in [3.05, 3.63) is 35.9 Å². The summed E-state index contributed by atoms with van der Waals surface area (Å²) in [6.07, 6.45) is 1.12. The van der Waals surface area contributed by atoms with Gasteiger partial charge < -0.3 is 5.11 Å². The first-order valence-corrected chi connectivity index (χ1v) is 6.11. The van der Waals surface area contributed by atoms with Crippen LogP contribution in [0.4, 0.5) is 0 Å². The lowest BCUT2D eigenvalue weighted by Gasteiger charge is -2.38. The summed E-state index contributed by atoms with van der Waals surface area (Å²) in [5, 5.41) is 10.6. The lowest BCUT2D eigenvalue weighted by atomic mass is 9.74. The van der Waals surface area contributed by atoms with Crippen LogP contribution in [-0.2, 0) is 0 Å². The van der Waals surface area contributed by atoms with Crippen molar-refractivity contribution < 1.29 is 5.11 Å². The Kier molecular flexibility index (Phi) is 2.62. The van der Waals surface area contributed by atoms with Crippen LogP contribution in [0.2, 0.25) is 0 Å². The van der Waals surface area contributed by atoms with Gasteiger partial charge in [0, 0.05) is 0 Å². The third-order valence-electron chi connectivity index (χ3n) is 4.26. The third-order valence-corrected chi connectivity index (χ3v) is 4.26. The van der Waals surface area contributed by atoms with E-state index in [0.29, 0.717) is 11.8 Å². The van der Waals surface area contributed by atoms with Crippen molar-refractivity contribution in [2.24, 2.45) is 11.3 Å². The molecule has 16 heavy (non-hydrogen) atoms. The summed E-state index contributed by atoms with van der Waals surface area (Å²) in [4.78, 5) is 0. The smallest absolute Gasteiger partial charge is 0.0701 e. The van der Waals surface area contributed by atoms with E-state index in [9.17, 15) is 5.11 Å². The van der Waals surface area contributed by atoms with Gasteiger partial charge in [-0.25, -0.2) is 0 Å². The van der Waals surface area contributed by atoms with Crippen LogP contribution >= 0.6 is 0 Å². The highest BCUT2D eigenvalue weighted by Crippen LogP contribution is 2.57. The zero-order chi connectivity index (χ0) is 12.0. The molecule has 1 aromatic carbocycles. The normalized spacial score (nSPS) is 28.6. The first kappa shape index (κ1) is 11.7. The minimum Gasteiger partial charge on any atom is -0.389 e. The van der Waals surface area contributed by atoms with Crippen molar-refractivity contribution in [2.45, 2.75) is 45.6 Å². The van der Waals surface area contributed by atoms with Crippen LogP contribution in [0.5, 0.6) is 0 Å². The highest BCUT2D eigenvalue weighted by atomic mass is 16.3. The predicted molar refractivity (Wildman–Crippen MR) is 67.4 cm³/mol. The molecule has 1 aliphatic rings. The molecule has 0 aromatic heterocycles. The predicted octanol–water partition coefficient (Wildman–Crippen LogP) is 3.59. The van der Waals surface area contributed by atoms with Crippen LogP contribution in [-0.4, -0.2) is 10.7 Å². The van der Waals surface area contributed by atoms with Crippen LogP contribution in [0.1, 0.15) is 45.6 Å². The summed E-state index contributed by atoms with van der Waals surface area (Å²) in [5.74, 6) is 0.963. The zero-order valence-corrected chi connectivity index (χ0v) is 10.7. The number of benzene rings is 1. The molecule has 3 unspecified atom stereocenters. The number of aliphatic hydroxyl groups is 1. The molecule has 1 fully saturated rings. The van der Waals surface area contributed by atoms with Crippen molar-refractivity contribution in [1.82, 2.24) is 0 Å². The van der Waals surface area contributed by atoms with Gasteiger partial charge >= 0.3 is 0 Å². The summed E-state index contributed by atoms with van der Waals surface area (Å²) in [5.41, 5.74) is 0.742. The third kappa shape index (κ3) is 1.89. The van der Waals surface area contributed by atoms with Crippen molar-refractivity contribution in [2.75, 3.05) is 0 Å². The fourth-order valence-corrected chi connectivity index (χ4v) is 2.44. The monoisotopic (exact) mass is 218 g/mol. The Balaban J connectivity index is 2.13. The quantitative estimate of drug-likeness (QED) is 0.804. The minimum atomic E-state index is -0.576. The fourth-order valence-electron chi connectivity index (χ4n) is 2.44. The second kappa shape index (κ2) is 3.59. The van der Waals surface area contributed by atoms with Crippen molar-refractivity contribution >= 4 is 0 Å². The molecule has 0 amide bonds. The van der Waals surface area contributed by atoms with E-state index in [0.717, 1.165) is 6.42 Å². The van der Waals surface area contributed by atoms with E-state index < -0.39 is 5.60 Å². The minimum absolute atomic E-state index is 0.0544. The molecule has 0 heterocycles. The molecule has 3 atom stereocenters. The van der Waals surface area contributed by atoms with Crippen LogP contribution in [0.3, 0.4) is 0 Å². The Morgan fingerprint density at radius 2 is 1.62 bits per heavy atom. The van der Waals surface area contributed by atoms with Crippen LogP contribution < -0.4 is 0 Å². The maximum atomic E-state index is 10.6. The maximum absolute atomic E-state index is 10.6. The Morgan fingerprint density at radius 3 is 2.12 bits per heavy atom. The van der Waals surface area contributed by atoms with Crippen molar-refractivity contribution in [1.29, 1.82) is 0 Å². The Hall–Kier alpha value is -0.820. The summed E-state index contributed by atoms with van der Waals surface area (Å²) in [6.45, 7) is 8.34. The lowest BCUT2D eigenvalue weighted by Crippen LogP contribution is -2.42. The molecule has 1 nitrogen and oxygen atoms in total. The molecule has 88 valence electrons. The van der Waals surface area contributed by atoms with E-state index in [1.54, 1.807) is 0 Å². The first-order valence-electron chi connectivity index (χ1n) is 6.11. The van der Waals surface area contributed by atoms with Crippen LogP contribution in [0.25, 0.3) is 0 Å². The van der Waals surface area contributed by atoms with Gasteiger partial charge in [-0.1, -0.05) is 51.1 Å². The molecule has 1 saturated carbocycles. The maximum Gasteiger partial charge on any atom is 0.0701 e. The highest BCUT2D eigenvalue weighted by Gasteiger charge is 2.54. The molecule has 1 aliphatic carbocycles. The Morgan fingerprint density at radius 1 is 1.06 bits per heavy atom. The number of hydrogen-bond donors (Lipinski definition) is 1. The molecule has 1 aromatic rings. The molecule has 0 spiro atoms. The molecule has 0 saturated heterocycles. The van der Waals surface area contributed by atoms with Crippen molar-refractivity contribution in [3.63, 3.8) is 0 Å². The van der Waals surface area contributed by atoms with Gasteiger partial charge in [-0.05, 0) is 36.2 Å². The molecule has 0 aliphatic heterocycles. The molecule has 1 heteroatoms. The molecular formula is C15H22O. The average Bonchev–Trinajstić information content (AvgIpc) is 2.97. The van der Waals surface area contributed by atoms with Gasteiger partial charge in [-0.3, -0.25) is 0 Å². The Labute approximate surface area is 98.5 Å². The van der Waals surface area contributed by atoms with E-state index in [-0.39, 0.29) is 5.41 Å². The number of hydrogen-bond acceptors (Lipinski definition) is 1. The first-order chi connectivity index (χ1) is 7.34. The van der Waals surface area contributed by atoms with Gasteiger partial charge in [0.05, 0.1) is 5.60 Å². The van der Waals surface area contributed by atoms with Gasteiger partial charge in [-0.2, -0.15) is 0 Å². The van der Waals surface area contributed by atoms with Crippen LogP contribution in [0.15, 0.2) is 30.3 Å². The summed E-state index contributed by atoms with van der Waals surface area (Å²) >= 11 is 0. The van der Waals surface area contributed by atoms with Gasteiger partial charge in [-0.15, -0.1) is 0 Å². The standard InChI is InChI=1S/C15H22O/c1-14(2,3)15(4,16)13-10-12(13)11-8-6-5-7-9-11/h5-9,12-13,16H,10H2,1-4H3. The van der Waals surface area contributed by atoms with E-state index in [2.05, 4.69) is 45.0 Å². The lowest BCUT2D eigenvalue weighted by molar-refractivity contribution is -0.0617.